The van der Waals surface area contributed by atoms with Gasteiger partial charge in [-0.2, -0.15) is 13.7 Å². The molecule has 0 saturated heterocycles. The molecular weight excluding hydrogens is 391 g/mol. The van der Waals surface area contributed by atoms with Crippen molar-refractivity contribution in [3.63, 3.8) is 0 Å². The first kappa shape index (κ1) is 22.1. The van der Waals surface area contributed by atoms with Gasteiger partial charge in [-0.1, -0.05) is 28.3 Å². The van der Waals surface area contributed by atoms with Crippen LogP contribution in [0, 0.1) is 45.3 Å². The maximum Gasteiger partial charge on any atom is 0.284 e. The molecule has 4 fully saturated rings. The summed E-state index contributed by atoms with van der Waals surface area (Å²) in [6, 6.07) is -1.43. The first-order chi connectivity index (χ1) is 13.4. The number of rotatable bonds is 4. The molecule has 1 N–H and O–H groups in total. The lowest BCUT2D eigenvalue weighted by Gasteiger charge is -2.62. The zero-order valence-corrected chi connectivity index (χ0v) is 19.3. The summed E-state index contributed by atoms with van der Waals surface area (Å²) in [7, 11) is 1.52. The van der Waals surface area contributed by atoms with Gasteiger partial charge in [0.2, 0.25) is 0 Å². The smallest absolute Gasteiger partial charge is 0.284 e. The minimum absolute atomic E-state index is 0.0589. The van der Waals surface area contributed by atoms with E-state index in [1.54, 1.807) is 0 Å². The SMILES string of the molecule is C[C@]1(O)CC[C@]2(C)C3CC[C@@]4(C)C(CC[C@@H]4CC(N=O)C(F)(F)P)[C@@H]3CC[C@@H]2C1. The molecule has 0 aromatic carbocycles. The second-order valence-corrected chi connectivity index (χ2v) is 12.5. The lowest BCUT2D eigenvalue weighted by atomic mass is 9.44. The van der Waals surface area contributed by atoms with Gasteiger partial charge in [0.15, 0.2) is 6.04 Å². The first-order valence-electron chi connectivity index (χ1n) is 11.6. The molecule has 0 aromatic heterocycles. The molecule has 4 aliphatic rings. The van der Waals surface area contributed by atoms with Crippen LogP contribution in [0.1, 0.15) is 85.0 Å². The van der Waals surface area contributed by atoms with Crippen molar-refractivity contribution < 1.29 is 13.9 Å². The number of alkyl halides is 2. The number of fused-ring (bicyclic) bond motifs is 5. The highest BCUT2D eigenvalue weighted by molar-refractivity contribution is 7.18. The number of hydrogen-bond donors (Lipinski definition) is 1. The van der Waals surface area contributed by atoms with Gasteiger partial charge in [-0.05, 0) is 112 Å². The standard InChI is InChI=1S/C23H38F2NO2P/c1-20(27)10-11-22(3)15(13-20)4-6-16-17-7-5-14(12-19(26-28)23(24,25)29)21(17,2)9-8-18(16)22/h14-19,27H,4-13,29H2,1-3H3/t14-,15-,16+,17?,18?,19?,20+,21-,22+/m1/s1. The largest absolute Gasteiger partial charge is 0.390 e. The Bertz CT molecular complexity index is 653. The van der Waals surface area contributed by atoms with Gasteiger partial charge in [0, 0.05) is 0 Å². The molecule has 0 radical (unpaired) electrons. The molecule has 4 unspecified atom stereocenters. The van der Waals surface area contributed by atoms with Gasteiger partial charge >= 0.3 is 0 Å². The van der Waals surface area contributed by atoms with Crippen LogP contribution in [0.25, 0.3) is 0 Å². The van der Waals surface area contributed by atoms with Crippen molar-refractivity contribution in [3.05, 3.63) is 4.91 Å². The Balaban J connectivity index is 1.53. The Morgan fingerprint density at radius 1 is 1.03 bits per heavy atom. The van der Waals surface area contributed by atoms with E-state index in [2.05, 4.69) is 19.0 Å². The molecule has 0 aromatic rings. The second-order valence-electron chi connectivity index (χ2n) is 11.7. The van der Waals surface area contributed by atoms with E-state index in [4.69, 9.17) is 0 Å². The third kappa shape index (κ3) is 3.60. The Labute approximate surface area is 176 Å². The highest BCUT2D eigenvalue weighted by atomic mass is 31.0. The molecular formula is C23H38F2NO2P. The maximum absolute atomic E-state index is 13.8. The molecule has 0 amide bonds. The van der Waals surface area contributed by atoms with Gasteiger partial charge in [0.25, 0.3) is 5.66 Å². The van der Waals surface area contributed by atoms with Crippen LogP contribution < -0.4 is 0 Å². The molecule has 0 spiro atoms. The average Bonchev–Trinajstić information content (AvgIpc) is 2.95. The fourth-order valence-corrected chi connectivity index (χ4v) is 8.66. The van der Waals surface area contributed by atoms with Crippen LogP contribution in [0.15, 0.2) is 5.18 Å². The molecule has 166 valence electrons. The first-order valence-corrected chi connectivity index (χ1v) is 12.2. The highest BCUT2D eigenvalue weighted by Gasteiger charge is 2.61. The third-order valence-corrected chi connectivity index (χ3v) is 10.6. The number of nitroso groups, excluding NO2 is 1. The van der Waals surface area contributed by atoms with Crippen LogP contribution in [-0.4, -0.2) is 22.4 Å². The molecule has 10 atom stereocenters. The van der Waals surface area contributed by atoms with Crippen molar-refractivity contribution in [1.82, 2.24) is 0 Å². The second kappa shape index (κ2) is 7.19. The van der Waals surface area contributed by atoms with E-state index in [0.29, 0.717) is 29.1 Å². The molecule has 29 heavy (non-hydrogen) atoms. The van der Waals surface area contributed by atoms with Crippen molar-refractivity contribution in [3.8, 4) is 0 Å². The van der Waals surface area contributed by atoms with Crippen LogP contribution in [0.2, 0.25) is 0 Å². The van der Waals surface area contributed by atoms with Gasteiger partial charge in [-0.25, -0.2) is 0 Å². The zero-order chi connectivity index (χ0) is 21.2. The Hall–Kier alpha value is -0.150. The van der Waals surface area contributed by atoms with E-state index in [-0.39, 0.29) is 17.8 Å². The van der Waals surface area contributed by atoms with Crippen LogP contribution >= 0.6 is 9.24 Å². The Kier molecular flexibility index (Phi) is 5.47. The monoisotopic (exact) mass is 429 g/mol. The minimum atomic E-state index is -3.11. The zero-order valence-electron chi connectivity index (χ0n) is 18.2. The fourth-order valence-electron chi connectivity index (χ4n) is 8.47. The van der Waals surface area contributed by atoms with Gasteiger partial charge in [-0.15, -0.1) is 0 Å². The van der Waals surface area contributed by atoms with Crippen LogP contribution in [0.4, 0.5) is 8.78 Å². The van der Waals surface area contributed by atoms with E-state index in [9.17, 15) is 18.8 Å². The highest BCUT2D eigenvalue weighted by Crippen LogP contribution is 2.68. The fraction of sp³-hybridized carbons (Fsp3) is 1.00. The van der Waals surface area contributed by atoms with Gasteiger partial charge in [-0.3, -0.25) is 0 Å². The summed E-state index contributed by atoms with van der Waals surface area (Å²) in [5.74, 6) is 2.71. The molecule has 4 rings (SSSR count). The minimum Gasteiger partial charge on any atom is -0.390 e. The van der Waals surface area contributed by atoms with E-state index >= 15 is 0 Å². The van der Waals surface area contributed by atoms with Crippen LogP contribution in [0.5, 0.6) is 0 Å². The number of aliphatic hydroxyl groups is 1. The summed E-state index contributed by atoms with van der Waals surface area (Å²) >= 11 is 0. The lowest BCUT2D eigenvalue weighted by molar-refractivity contribution is -0.146. The van der Waals surface area contributed by atoms with Gasteiger partial charge in [0.05, 0.1) is 5.60 Å². The topological polar surface area (TPSA) is 49.7 Å². The van der Waals surface area contributed by atoms with E-state index in [1.165, 1.54) is 28.5 Å². The third-order valence-electron chi connectivity index (χ3n) is 10.2. The number of hydrogen-bond acceptors (Lipinski definition) is 3. The lowest BCUT2D eigenvalue weighted by Crippen LogP contribution is -2.55. The summed E-state index contributed by atoms with van der Waals surface area (Å²) in [5.41, 5.74) is -3.26. The number of nitrogens with zero attached hydrogens (tertiary/aromatic N) is 1. The number of halogens is 2. The quantitative estimate of drug-likeness (QED) is 0.416. The van der Waals surface area contributed by atoms with E-state index in [1.807, 2.05) is 6.92 Å². The summed E-state index contributed by atoms with van der Waals surface area (Å²) in [6.07, 6.45) is 9.84. The predicted octanol–water partition coefficient (Wildman–Crippen LogP) is 6.39. The van der Waals surface area contributed by atoms with Gasteiger partial charge in [0.1, 0.15) is 0 Å². The van der Waals surface area contributed by atoms with Crippen LogP contribution in [0.3, 0.4) is 0 Å². The summed E-state index contributed by atoms with van der Waals surface area (Å²) < 4.78 is 27.6. The Morgan fingerprint density at radius 2 is 1.72 bits per heavy atom. The summed E-state index contributed by atoms with van der Waals surface area (Å²) in [5, 5.41) is 13.4. The van der Waals surface area contributed by atoms with E-state index < -0.39 is 17.3 Å². The van der Waals surface area contributed by atoms with Crippen molar-refractivity contribution in [2.45, 2.75) is 102 Å². The van der Waals surface area contributed by atoms with Gasteiger partial charge < -0.3 is 5.11 Å². The Morgan fingerprint density at radius 3 is 2.38 bits per heavy atom. The van der Waals surface area contributed by atoms with Crippen molar-refractivity contribution in [1.29, 1.82) is 0 Å². The normalized spacial score (nSPS) is 50.9. The van der Waals surface area contributed by atoms with Crippen molar-refractivity contribution in [2.24, 2.45) is 45.6 Å². The van der Waals surface area contributed by atoms with Crippen LogP contribution in [-0.2, 0) is 0 Å². The maximum atomic E-state index is 13.8. The molecule has 6 heteroatoms. The summed E-state index contributed by atoms with van der Waals surface area (Å²) in [4.78, 5) is 11.1. The molecule has 3 nitrogen and oxygen atoms in total. The molecule has 0 bridgehead atoms. The molecule has 4 saturated carbocycles. The molecule has 0 aliphatic heterocycles. The molecule has 4 aliphatic carbocycles. The summed E-state index contributed by atoms with van der Waals surface area (Å²) in [6.45, 7) is 6.78. The van der Waals surface area contributed by atoms with Crippen molar-refractivity contribution in [2.75, 3.05) is 0 Å². The average molecular weight is 430 g/mol. The van der Waals surface area contributed by atoms with E-state index in [0.717, 1.165) is 38.5 Å². The predicted molar refractivity (Wildman–Crippen MR) is 115 cm³/mol. The van der Waals surface area contributed by atoms with Crippen molar-refractivity contribution >= 4 is 9.24 Å². The molecule has 0 heterocycles.